The number of ether oxygens (including phenoxy) is 1. The molecule has 25 heavy (non-hydrogen) atoms. The first kappa shape index (κ1) is 16.1. The second-order valence-electron chi connectivity index (χ2n) is 6.94. The Bertz CT molecular complexity index is 764. The molecule has 1 aromatic carbocycles. The number of nitrogens with zero attached hydrogens (tertiary/aromatic N) is 4. The highest BCUT2D eigenvalue weighted by Crippen LogP contribution is 2.31. The number of rotatable bonds is 4. The molecule has 2 aliphatic rings. The maximum atomic E-state index is 12.9. The summed E-state index contributed by atoms with van der Waals surface area (Å²) in [5, 5.41) is 0. The van der Waals surface area contributed by atoms with Crippen molar-refractivity contribution in [3.8, 4) is 5.75 Å². The summed E-state index contributed by atoms with van der Waals surface area (Å²) in [6.07, 6.45) is 2.95. The molecular formula is C19H24N4O2. The number of hydrogen-bond acceptors (Lipinski definition) is 4. The zero-order valence-corrected chi connectivity index (χ0v) is 14.8. The topological polar surface area (TPSA) is 50.6 Å². The van der Waals surface area contributed by atoms with Crippen LogP contribution in [0, 0.1) is 0 Å². The zero-order valence-electron chi connectivity index (χ0n) is 14.8. The van der Waals surface area contributed by atoms with Crippen LogP contribution in [0.15, 0.2) is 30.6 Å². The average Bonchev–Trinajstić information content (AvgIpc) is 2.94. The molecule has 132 valence electrons. The second kappa shape index (κ2) is 6.52. The largest absolute Gasteiger partial charge is 0.497 e. The van der Waals surface area contributed by atoms with Crippen molar-refractivity contribution in [2.75, 3.05) is 26.7 Å². The number of aryl methyl sites for hydroxylation is 1. The molecule has 3 heterocycles. The third-order valence-corrected chi connectivity index (χ3v) is 5.24. The smallest absolute Gasteiger partial charge is 0.233 e. The van der Waals surface area contributed by atoms with Crippen molar-refractivity contribution < 1.29 is 9.53 Å². The highest BCUT2D eigenvalue weighted by Gasteiger charge is 2.37. The van der Waals surface area contributed by atoms with E-state index in [9.17, 15) is 4.79 Å². The Kier molecular flexibility index (Phi) is 4.21. The van der Waals surface area contributed by atoms with Crippen LogP contribution in [-0.4, -0.2) is 52.0 Å². The molecular weight excluding hydrogens is 316 g/mol. The number of imidazole rings is 1. The third kappa shape index (κ3) is 3.02. The van der Waals surface area contributed by atoms with Crippen LogP contribution in [0.5, 0.6) is 5.75 Å². The molecule has 0 spiro atoms. The Morgan fingerprint density at radius 2 is 2.04 bits per heavy atom. The van der Waals surface area contributed by atoms with E-state index in [0.717, 1.165) is 56.3 Å². The van der Waals surface area contributed by atoms with Gasteiger partial charge < -0.3 is 14.2 Å². The van der Waals surface area contributed by atoms with Crippen LogP contribution < -0.4 is 4.74 Å². The summed E-state index contributed by atoms with van der Waals surface area (Å²) in [5.74, 6) is 0.991. The van der Waals surface area contributed by atoms with Crippen LogP contribution in [-0.2, 0) is 24.9 Å². The van der Waals surface area contributed by atoms with Gasteiger partial charge >= 0.3 is 0 Å². The fourth-order valence-electron chi connectivity index (χ4n) is 3.74. The Morgan fingerprint density at radius 3 is 2.68 bits per heavy atom. The lowest BCUT2D eigenvalue weighted by Crippen LogP contribution is -2.48. The minimum absolute atomic E-state index is 0.116. The van der Waals surface area contributed by atoms with Crippen LogP contribution in [0.2, 0.25) is 0 Å². The van der Waals surface area contributed by atoms with E-state index in [4.69, 9.17) is 4.74 Å². The molecule has 1 aromatic heterocycles. The molecule has 4 rings (SSSR count). The maximum Gasteiger partial charge on any atom is 0.233 e. The number of likely N-dealkylation sites (tertiary alicyclic amines) is 1. The fraction of sp³-hybridized carbons (Fsp3) is 0.474. The van der Waals surface area contributed by atoms with Gasteiger partial charge in [-0.2, -0.15) is 0 Å². The standard InChI is InChI=1S/C19H24N4O2/c1-21-13-20-17-12-22(10-14-4-6-15(25-2)7-5-14)11-16(18(17)21)19(24)23-8-3-9-23/h4-7,13,16H,3,8-12H2,1-2H3/t16-/m1/s1. The fourth-order valence-corrected chi connectivity index (χ4v) is 3.74. The molecule has 2 aromatic rings. The Labute approximate surface area is 148 Å². The van der Waals surface area contributed by atoms with Gasteiger partial charge in [0.1, 0.15) is 5.75 Å². The van der Waals surface area contributed by atoms with Crippen molar-refractivity contribution in [2.24, 2.45) is 7.05 Å². The molecule has 1 atom stereocenters. The van der Waals surface area contributed by atoms with Crippen molar-refractivity contribution in [3.63, 3.8) is 0 Å². The number of fused-ring (bicyclic) bond motifs is 1. The quantitative estimate of drug-likeness (QED) is 0.851. The molecule has 0 radical (unpaired) electrons. The van der Waals surface area contributed by atoms with Gasteiger partial charge in [-0.15, -0.1) is 0 Å². The minimum atomic E-state index is -0.116. The van der Waals surface area contributed by atoms with Gasteiger partial charge in [0.15, 0.2) is 0 Å². The Morgan fingerprint density at radius 1 is 1.28 bits per heavy atom. The first-order valence-corrected chi connectivity index (χ1v) is 8.80. The van der Waals surface area contributed by atoms with Gasteiger partial charge in [-0.1, -0.05) is 12.1 Å². The van der Waals surface area contributed by atoms with Crippen molar-refractivity contribution in [2.45, 2.75) is 25.4 Å². The molecule has 0 aliphatic carbocycles. The summed E-state index contributed by atoms with van der Waals surface area (Å²) < 4.78 is 7.24. The summed E-state index contributed by atoms with van der Waals surface area (Å²) in [5.41, 5.74) is 3.33. The lowest BCUT2D eigenvalue weighted by atomic mass is 9.95. The maximum absolute atomic E-state index is 12.9. The number of carbonyl (C=O) groups excluding carboxylic acids is 1. The molecule has 0 N–H and O–H groups in total. The minimum Gasteiger partial charge on any atom is -0.497 e. The van der Waals surface area contributed by atoms with Crippen LogP contribution in [0.3, 0.4) is 0 Å². The molecule has 1 fully saturated rings. The van der Waals surface area contributed by atoms with E-state index in [-0.39, 0.29) is 11.8 Å². The predicted molar refractivity (Wildman–Crippen MR) is 94.3 cm³/mol. The van der Waals surface area contributed by atoms with E-state index in [1.807, 2.05) is 35.0 Å². The lowest BCUT2D eigenvalue weighted by Gasteiger charge is -2.38. The first-order chi connectivity index (χ1) is 12.2. The van der Waals surface area contributed by atoms with E-state index in [2.05, 4.69) is 22.0 Å². The lowest BCUT2D eigenvalue weighted by molar-refractivity contribution is -0.137. The molecule has 1 amide bonds. The van der Waals surface area contributed by atoms with Crippen molar-refractivity contribution in [3.05, 3.63) is 47.5 Å². The summed E-state index contributed by atoms with van der Waals surface area (Å²) in [4.78, 5) is 21.7. The van der Waals surface area contributed by atoms with Crippen molar-refractivity contribution in [1.29, 1.82) is 0 Å². The van der Waals surface area contributed by atoms with E-state index >= 15 is 0 Å². The number of amides is 1. The van der Waals surface area contributed by atoms with Crippen LogP contribution >= 0.6 is 0 Å². The summed E-state index contributed by atoms with van der Waals surface area (Å²) in [6, 6.07) is 8.13. The molecule has 6 heteroatoms. The molecule has 0 saturated carbocycles. The molecule has 6 nitrogen and oxygen atoms in total. The van der Waals surface area contributed by atoms with Gasteiger partial charge in [-0.25, -0.2) is 4.98 Å². The van der Waals surface area contributed by atoms with Gasteiger partial charge in [0.05, 0.1) is 30.7 Å². The van der Waals surface area contributed by atoms with Crippen LogP contribution in [0.1, 0.15) is 29.3 Å². The molecule has 0 unspecified atom stereocenters. The van der Waals surface area contributed by atoms with Crippen molar-refractivity contribution in [1.82, 2.24) is 19.4 Å². The SMILES string of the molecule is COc1ccc(CN2Cc3ncn(C)c3[C@H](C(=O)N3CCC3)C2)cc1. The zero-order chi connectivity index (χ0) is 17.4. The Hall–Kier alpha value is -2.34. The van der Waals surface area contributed by atoms with E-state index in [1.165, 1.54) is 5.56 Å². The van der Waals surface area contributed by atoms with Gasteiger partial charge in [-0.05, 0) is 24.1 Å². The molecule has 0 bridgehead atoms. The summed E-state index contributed by atoms with van der Waals surface area (Å²) in [7, 11) is 3.66. The van der Waals surface area contributed by atoms with E-state index in [1.54, 1.807) is 7.11 Å². The number of benzene rings is 1. The van der Waals surface area contributed by atoms with Crippen molar-refractivity contribution >= 4 is 5.91 Å². The van der Waals surface area contributed by atoms with Gasteiger partial charge in [0.2, 0.25) is 5.91 Å². The van der Waals surface area contributed by atoms with Crippen LogP contribution in [0.25, 0.3) is 0 Å². The normalized spacial score (nSPS) is 20.1. The van der Waals surface area contributed by atoms with E-state index < -0.39 is 0 Å². The number of aromatic nitrogens is 2. The Balaban J connectivity index is 1.55. The second-order valence-corrected chi connectivity index (χ2v) is 6.94. The highest BCUT2D eigenvalue weighted by molar-refractivity contribution is 5.84. The number of hydrogen-bond donors (Lipinski definition) is 0. The number of methoxy groups -OCH3 is 1. The molecule has 1 saturated heterocycles. The average molecular weight is 340 g/mol. The van der Waals surface area contributed by atoms with Crippen LogP contribution in [0.4, 0.5) is 0 Å². The van der Waals surface area contributed by atoms with Gasteiger partial charge in [-0.3, -0.25) is 9.69 Å². The first-order valence-electron chi connectivity index (χ1n) is 8.80. The highest BCUT2D eigenvalue weighted by atomic mass is 16.5. The van der Waals surface area contributed by atoms with Gasteiger partial charge in [0, 0.05) is 39.8 Å². The number of carbonyl (C=O) groups is 1. The summed E-state index contributed by atoms with van der Waals surface area (Å²) in [6.45, 7) is 4.12. The van der Waals surface area contributed by atoms with E-state index in [0.29, 0.717) is 0 Å². The molecule has 2 aliphatic heterocycles. The monoisotopic (exact) mass is 340 g/mol. The predicted octanol–water partition coefficient (Wildman–Crippen LogP) is 1.76. The van der Waals surface area contributed by atoms with Gasteiger partial charge in [0.25, 0.3) is 0 Å². The summed E-state index contributed by atoms with van der Waals surface area (Å²) >= 11 is 0. The third-order valence-electron chi connectivity index (χ3n) is 5.24.